The molecule has 3 heterocycles. The van der Waals surface area contributed by atoms with Gasteiger partial charge in [-0.3, -0.25) is 14.4 Å². The summed E-state index contributed by atoms with van der Waals surface area (Å²) in [5.74, 6) is 1.30. The Balaban J connectivity index is 0.00000405. The highest BCUT2D eigenvalue weighted by Crippen LogP contribution is 2.33. The number of carbonyl (C=O) groups excluding carboxylic acids is 3. The number of nitrogens with zero attached hydrogens (tertiary/aromatic N) is 4. The van der Waals surface area contributed by atoms with Crippen molar-refractivity contribution >= 4 is 35.0 Å². The first-order valence-corrected chi connectivity index (χ1v) is 15.4. The molecule has 0 spiro atoms. The second kappa shape index (κ2) is 13.6. The van der Waals surface area contributed by atoms with Gasteiger partial charge in [0.2, 0.25) is 11.8 Å². The molecule has 0 N–H and O–H groups in total. The second-order valence-corrected chi connectivity index (χ2v) is 12.7. The number of piperidine rings is 1. The third kappa shape index (κ3) is 6.84. The maximum Gasteiger partial charge on any atom is 0.254 e. The van der Waals surface area contributed by atoms with Crippen LogP contribution in [0, 0.1) is 38.5 Å². The van der Waals surface area contributed by atoms with E-state index in [1.807, 2.05) is 67.0 Å². The van der Waals surface area contributed by atoms with Gasteiger partial charge >= 0.3 is 0 Å². The number of anilines is 1. The topological polar surface area (TPSA) is 64.2 Å². The van der Waals surface area contributed by atoms with E-state index in [0.717, 1.165) is 67.1 Å². The molecule has 228 valence electrons. The Hall–Kier alpha value is -2.90. The van der Waals surface area contributed by atoms with Gasteiger partial charge in [0, 0.05) is 74.9 Å². The quantitative estimate of drug-likeness (QED) is 0.419. The smallest absolute Gasteiger partial charge is 0.254 e. The maximum atomic E-state index is 13.8. The number of hydrogen-bond donors (Lipinski definition) is 0. The van der Waals surface area contributed by atoms with E-state index in [0.29, 0.717) is 49.3 Å². The number of benzene rings is 2. The molecule has 2 aromatic rings. The summed E-state index contributed by atoms with van der Waals surface area (Å²) in [5.41, 5.74) is 4.79. The molecule has 0 aliphatic carbocycles. The first-order chi connectivity index (χ1) is 19.6. The number of halogens is 1. The van der Waals surface area contributed by atoms with Crippen LogP contribution < -0.4 is 4.90 Å². The predicted molar refractivity (Wildman–Crippen MR) is 170 cm³/mol. The van der Waals surface area contributed by atoms with Crippen LogP contribution in [-0.4, -0.2) is 84.8 Å². The highest BCUT2D eigenvalue weighted by molar-refractivity contribution is 6.31. The van der Waals surface area contributed by atoms with Gasteiger partial charge in [-0.05, 0) is 87.2 Å². The van der Waals surface area contributed by atoms with E-state index in [-0.39, 0.29) is 31.1 Å². The minimum absolute atomic E-state index is 0. The number of carbonyl (C=O) groups is 3. The molecule has 42 heavy (non-hydrogen) atoms. The van der Waals surface area contributed by atoms with Gasteiger partial charge in [-0.2, -0.15) is 0 Å². The molecule has 0 aromatic heterocycles. The van der Waals surface area contributed by atoms with E-state index < -0.39 is 0 Å². The Morgan fingerprint density at radius 2 is 1.50 bits per heavy atom. The first kappa shape index (κ1) is 32.0. The van der Waals surface area contributed by atoms with E-state index in [2.05, 4.69) is 9.80 Å². The van der Waals surface area contributed by atoms with Gasteiger partial charge in [-0.25, -0.2) is 0 Å². The zero-order chi connectivity index (χ0) is 29.3. The molecule has 3 aliphatic rings. The summed E-state index contributed by atoms with van der Waals surface area (Å²) in [6.07, 6.45) is 2.26. The highest BCUT2D eigenvalue weighted by atomic mass is 35.5. The van der Waals surface area contributed by atoms with E-state index in [4.69, 9.17) is 11.6 Å². The monoisotopic (exact) mass is 594 g/mol. The number of rotatable bonds is 7. The van der Waals surface area contributed by atoms with Crippen LogP contribution in [0.3, 0.4) is 0 Å². The Morgan fingerprint density at radius 1 is 0.881 bits per heavy atom. The number of aryl methyl sites for hydroxylation is 3. The van der Waals surface area contributed by atoms with Gasteiger partial charge in [0.15, 0.2) is 0 Å². The fourth-order valence-corrected chi connectivity index (χ4v) is 7.15. The summed E-state index contributed by atoms with van der Waals surface area (Å²) >= 11 is 6.47. The standard InChI is InChI=1S/C33H43ClN4O3.CH4/c1-22-9-10-29(17-30(22)34)38(32(40)26-11-15-36(16-12-26)25(4)39)14-6-13-35-18-27-20-37(21-28(27)19-35)33(41)31-23(2)7-5-8-24(31)3;/h5,7-10,17,26-28H,6,11-16,18-21H2,1-4H3;1H4. The Bertz CT molecular complexity index is 1270. The van der Waals surface area contributed by atoms with Gasteiger partial charge in [-0.15, -0.1) is 0 Å². The molecule has 3 aliphatic heterocycles. The molecule has 3 saturated heterocycles. The Kier molecular flexibility index (Phi) is 10.4. The maximum absolute atomic E-state index is 13.8. The van der Waals surface area contributed by atoms with Crippen LogP contribution in [0.15, 0.2) is 36.4 Å². The summed E-state index contributed by atoms with van der Waals surface area (Å²) in [7, 11) is 0. The van der Waals surface area contributed by atoms with Gasteiger partial charge in [-0.1, -0.05) is 43.3 Å². The summed E-state index contributed by atoms with van der Waals surface area (Å²) in [6.45, 7) is 14.0. The largest absolute Gasteiger partial charge is 0.343 e. The van der Waals surface area contributed by atoms with Gasteiger partial charge < -0.3 is 19.6 Å². The molecule has 7 nitrogen and oxygen atoms in total. The van der Waals surface area contributed by atoms with Crippen molar-refractivity contribution in [3.63, 3.8) is 0 Å². The van der Waals surface area contributed by atoms with Crippen LogP contribution in [0.25, 0.3) is 0 Å². The second-order valence-electron chi connectivity index (χ2n) is 12.3. The molecule has 0 saturated carbocycles. The number of fused-ring (bicyclic) bond motifs is 1. The Labute approximate surface area is 256 Å². The Morgan fingerprint density at radius 3 is 2.07 bits per heavy atom. The van der Waals surface area contributed by atoms with Crippen molar-refractivity contribution in [2.75, 3.05) is 57.3 Å². The van der Waals surface area contributed by atoms with Crippen molar-refractivity contribution in [2.45, 2.75) is 54.4 Å². The summed E-state index contributed by atoms with van der Waals surface area (Å²) in [5, 5.41) is 0.666. The molecule has 0 radical (unpaired) electrons. The number of hydrogen-bond acceptors (Lipinski definition) is 4. The van der Waals surface area contributed by atoms with Crippen LogP contribution in [0.5, 0.6) is 0 Å². The zero-order valence-corrected chi connectivity index (χ0v) is 25.6. The van der Waals surface area contributed by atoms with Crippen molar-refractivity contribution in [1.29, 1.82) is 0 Å². The SMILES string of the molecule is C.CC(=O)N1CCC(C(=O)N(CCCN2CC3CN(C(=O)c4c(C)cccc4C)CC3C2)c2ccc(C)c(Cl)c2)CC1. The van der Waals surface area contributed by atoms with Crippen molar-refractivity contribution in [3.05, 3.63) is 63.7 Å². The molecule has 3 amide bonds. The normalized spacial score (nSPS) is 20.8. The summed E-state index contributed by atoms with van der Waals surface area (Å²) in [6, 6.07) is 11.9. The predicted octanol–water partition coefficient (Wildman–Crippen LogP) is 5.59. The average molecular weight is 595 g/mol. The van der Waals surface area contributed by atoms with E-state index in [1.54, 1.807) is 6.92 Å². The fourth-order valence-electron chi connectivity index (χ4n) is 6.98. The minimum atomic E-state index is -0.0859. The van der Waals surface area contributed by atoms with E-state index in [1.165, 1.54) is 0 Å². The third-order valence-electron chi connectivity index (χ3n) is 9.42. The highest BCUT2D eigenvalue weighted by Gasteiger charge is 2.42. The summed E-state index contributed by atoms with van der Waals surface area (Å²) < 4.78 is 0. The lowest BCUT2D eigenvalue weighted by atomic mass is 9.94. The molecular weight excluding hydrogens is 548 g/mol. The van der Waals surface area contributed by atoms with Gasteiger partial charge in [0.25, 0.3) is 5.91 Å². The van der Waals surface area contributed by atoms with Crippen LogP contribution in [0.2, 0.25) is 5.02 Å². The molecule has 2 unspecified atom stereocenters. The number of amides is 3. The van der Waals surface area contributed by atoms with Crippen molar-refractivity contribution in [3.8, 4) is 0 Å². The van der Waals surface area contributed by atoms with Crippen molar-refractivity contribution < 1.29 is 14.4 Å². The zero-order valence-electron chi connectivity index (χ0n) is 24.9. The molecule has 2 atom stereocenters. The molecular formula is C34H47ClN4O3. The van der Waals surface area contributed by atoms with E-state index in [9.17, 15) is 14.4 Å². The summed E-state index contributed by atoms with van der Waals surface area (Å²) in [4.78, 5) is 47.2. The molecule has 0 bridgehead atoms. The van der Waals surface area contributed by atoms with Crippen LogP contribution in [0.1, 0.15) is 60.7 Å². The van der Waals surface area contributed by atoms with Crippen molar-refractivity contribution in [2.24, 2.45) is 17.8 Å². The first-order valence-electron chi connectivity index (χ1n) is 15.0. The van der Waals surface area contributed by atoms with Crippen LogP contribution in [0.4, 0.5) is 5.69 Å². The molecule has 5 rings (SSSR count). The molecule has 3 fully saturated rings. The average Bonchev–Trinajstić information content (AvgIpc) is 3.51. The van der Waals surface area contributed by atoms with Crippen LogP contribution in [-0.2, 0) is 9.59 Å². The van der Waals surface area contributed by atoms with Gasteiger partial charge in [0.05, 0.1) is 0 Å². The van der Waals surface area contributed by atoms with E-state index >= 15 is 0 Å². The van der Waals surface area contributed by atoms with Crippen molar-refractivity contribution in [1.82, 2.24) is 14.7 Å². The lowest BCUT2D eigenvalue weighted by Crippen LogP contribution is -2.44. The van der Waals surface area contributed by atoms with Gasteiger partial charge in [0.1, 0.15) is 0 Å². The lowest BCUT2D eigenvalue weighted by Gasteiger charge is -2.34. The lowest BCUT2D eigenvalue weighted by molar-refractivity contribution is -0.133. The number of likely N-dealkylation sites (tertiary alicyclic amines) is 3. The fraction of sp³-hybridized carbons (Fsp3) is 0.559. The third-order valence-corrected chi connectivity index (χ3v) is 9.83. The minimum Gasteiger partial charge on any atom is -0.343 e. The molecule has 2 aromatic carbocycles. The van der Waals surface area contributed by atoms with Crippen LogP contribution >= 0.6 is 11.6 Å². The molecule has 8 heteroatoms.